The number of ether oxygens (including phenoxy) is 1. The van der Waals surface area contributed by atoms with Crippen LogP contribution in [0.5, 0.6) is 5.75 Å². The summed E-state index contributed by atoms with van der Waals surface area (Å²) in [6.45, 7) is 8.47. The molecule has 2 aromatic carbocycles. The lowest BCUT2D eigenvalue weighted by atomic mass is 10.0. The minimum Gasteiger partial charge on any atom is -0.484 e. The van der Waals surface area contributed by atoms with Crippen molar-refractivity contribution in [3.05, 3.63) is 65.7 Å². The van der Waals surface area contributed by atoms with Crippen molar-refractivity contribution in [2.75, 3.05) is 26.2 Å². The lowest BCUT2D eigenvalue weighted by Crippen LogP contribution is -2.50. The molecule has 1 aliphatic heterocycles. The second-order valence-corrected chi connectivity index (χ2v) is 8.49. The van der Waals surface area contributed by atoms with Crippen molar-refractivity contribution in [2.24, 2.45) is 0 Å². The Hall–Kier alpha value is -2.82. The van der Waals surface area contributed by atoms with Crippen LogP contribution in [0.2, 0.25) is 0 Å². The van der Waals surface area contributed by atoms with Crippen molar-refractivity contribution in [1.29, 1.82) is 0 Å². The molecule has 31 heavy (non-hydrogen) atoms. The maximum atomic E-state index is 13.0. The highest BCUT2D eigenvalue weighted by Crippen LogP contribution is 2.22. The van der Waals surface area contributed by atoms with Crippen molar-refractivity contribution in [3.8, 4) is 5.75 Å². The zero-order valence-electron chi connectivity index (χ0n) is 18.9. The number of nitrogens with zero attached hydrogens (tertiary/aromatic N) is 2. The molecule has 1 saturated heterocycles. The lowest BCUT2D eigenvalue weighted by Gasteiger charge is -2.38. The number of piperidine rings is 1. The van der Waals surface area contributed by atoms with Gasteiger partial charge in [0.2, 0.25) is 0 Å². The maximum Gasteiger partial charge on any atom is 0.260 e. The van der Waals surface area contributed by atoms with Crippen molar-refractivity contribution in [3.63, 3.8) is 0 Å². The zero-order chi connectivity index (χ0) is 22.2. The molecular weight excluding hydrogens is 388 g/mol. The van der Waals surface area contributed by atoms with E-state index in [1.54, 1.807) is 0 Å². The number of benzene rings is 2. The lowest BCUT2D eigenvalue weighted by molar-refractivity contribution is -0.136. The van der Waals surface area contributed by atoms with E-state index in [1.807, 2.05) is 58.3 Å². The van der Waals surface area contributed by atoms with E-state index in [9.17, 15) is 9.59 Å². The molecule has 0 N–H and O–H groups in total. The molecule has 0 unspecified atom stereocenters. The summed E-state index contributed by atoms with van der Waals surface area (Å²) < 4.78 is 5.84. The number of rotatable bonds is 8. The standard InChI is InChI=1S/C26H34N2O3/c1-4-15-28(25(29)19-31-24-12-8-11-22(18-24)20(2)3)23-13-16-27(17-14-23)26(30)21-9-6-5-7-10-21/h5-12,18,20,23H,4,13-17,19H2,1-3H3. The fourth-order valence-electron chi connectivity index (χ4n) is 4.09. The van der Waals surface area contributed by atoms with E-state index in [0.717, 1.165) is 30.6 Å². The Morgan fingerprint density at radius 3 is 2.42 bits per heavy atom. The second-order valence-electron chi connectivity index (χ2n) is 8.49. The van der Waals surface area contributed by atoms with Crippen LogP contribution < -0.4 is 4.74 Å². The summed E-state index contributed by atoms with van der Waals surface area (Å²) in [5.74, 6) is 1.24. The van der Waals surface area contributed by atoms with Crippen LogP contribution in [0.15, 0.2) is 54.6 Å². The summed E-state index contributed by atoms with van der Waals surface area (Å²) in [7, 11) is 0. The number of amides is 2. The van der Waals surface area contributed by atoms with Crippen LogP contribution in [0.3, 0.4) is 0 Å². The van der Waals surface area contributed by atoms with Crippen molar-refractivity contribution < 1.29 is 14.3 Å². The molecule has 1 fully saturated rings. The Labute approximate surface area is 186 Å². The molecule has 0 atom stereocenters. The van der Waals surface area contributed by atoms with Gasteiger partial charge in [-0.25, -0.2) is 0 Å². The quantitative estimate of drug-likeness (QED) is 0.618. The van der Waals surface area contributed by atoms with Crippen LogP contribution in [0.1, 0.15) is 61.9 Å². The Morgan fingerprint density at radius 1 is 1.06 bits per heavy atom. The second kappa shape index (κ2) is 11.0. The third-order valence-electron chi connectivity index (χ3n) is 5.89. The molecule has 1 heterocycles. The Bertz CT molecular complexity index is 858. The van der Waals surface area contributed by atoms with Crippen LogP contribution in [0.25, 0.3) is 0 Å². The van der Waals surface area contributed by atoms with Gasteiger partial charge in [-0.3, -0.25) is 9.59 Å². The van der Waals surface area contributed by atoms with Crippen LogP contribution in [-0.4, -0.2) is 53.9 Å². The van der Waals surface area contributed by atoms with Gasteiger partial charge in [-0.1, -0.05) is 51.1 Å². The summed E-state index contributed by atoms with van der Waals surface area (Å²) in [6.07, 6.45) is 2.50. The van der Waals surface area contributed by atoms with Gasteiger partial charge in [-0.2, -0.15) is 0 Å². The van der Waals surface area contributed by atoms with Crippen molar-refractivity contribution in [1.82, 2.24) is 9.80 Å². The molecule has 5 nitrogen and oxygen atoms in total. The van der Waals surface area contributed by atoms with Crippen LogP contribution in [0.4, 0.5) is 0 Å². The van der Waals surface area contributed by atoms with Crippen LogP contribution in [-0.2, 0) is 4.79 Å². The summed E-state index contributed by atoms with van der Waals surface area (Å²) in [4.78, 5) is 29.5. The fourth-order valence-corrected chi connectivity index (χ4v) is 4.09. The van der Waals surface area contributed by atoms with E-state index in [2.05, 4.69) is 26.8 Å². The molecule has 5 heteroatoms. The monoisotopic (exact) mass is 422 g/mol. The van der Waals surface area contributed by atoms with Gasteiger partial charge in [-0.05, 0) is 55.0 Å². The zero-order valence-corrected chi connectivity index (χ0v) is 18.9. The van der Waals surface area contributed by atoms with Crippen molar-refractivity contribution >= 4 is 11.8 Å². The number of hydrogen-bond acceptors (Lipinski definition) is 3. The van der Waals surface area contributed by atoms with E-state index in [0.29, 0.717) is 25.6 Å². The molecule has 1 aliphatic rings. The van der Waals surface area contributed by atoms with Gasteiger partial charge in [0, 0.05) is 31.2 Å². The third-order valence-corrected chi connectivity index (χ3v) is 5.89. The van der Waals surface area contributed by atoms with Gasteiger partial charge < -0.3 is 14.5 Å². The van der Waals surface area contributed by atoms with E-state index in [1.165, 1.54) is 5.56 Å². The first-order chi connectivity index (χ1) is 15.0. The molecule has 0 aliphatic carbocycles. The number of carbonyl (C=O) groups excluding carboxylic acids is 2. The molecule has 3 rings (SSSR count). The van der Waals surface area contributed by atoms with Gasteiger partial charge in [0.05, 0.1) is 0 Å². The van der Waals surface area contributed by atoms with E-state index in [4.69, 9.17) is 4.74 Å². The third kappa shape index (κ3) is 6.09. The highest BCUT2D eigenvalue weighted by molar-refractivity contribution is 5.94. The maximum absolute atomic E-state index is 13.0. The topological polar surface area (TPSA) is 49.9 Å². The SMILES string of the molecule is CCCN(C(=O)COc1cccc(C(C)C)c1)C1CCN(C(=O)c2ccccc2)CC1. The van der Waals surface area contributed by atoms with Crippen LogP contribution in [0, 0.1) is 0 Å². The van der Waals surface area contributed by atoms with Gasteiger partial charge >= 0.3 is 0 Å². The van der Waals surface area contributed by atoms with Gasteiger partial charge in [0.1, 0.15) is 5.75 Å². The predicted molar refractivity (Wildman–Crippen MR) is 123 cm³/mol. The smallest absolute Gasteiger partial charge is 0.260 e. The number of likely N-dealkylation sites (tertiary alicyclic amines) is 1. The summed E-state index contributed by atoms with van der Waals surface area (Å²) in [5, 5.41) is 0. The minimum atomic E-state index is 0.0182. The normalized spacial score (nSPS) is 14.5. The van der Waals surface area contributed by atoms with Gasteiger partial charge in [0.25, 0.3) is 11.8 Å². The first-order valence-electron chi connectivity index (χ1n) is 11.4. The molecule has 2 amide bonds. The Morgan fingerprint density at radius 2 is 1.77 bits per heavy atom. The summed E-state index contributed by atoms with van der Waals surface area (Å²) >= 11 is 0. The average molecular weight is 423 g/mol. The fraction of sp³-hybridized carbons (Fsp3) is 0.462. The largest absolute Gasteiger partial charge is 0.484 e. The van der Waals surface area contributed by atoms with E-state index < -0.39 is 0 Å². The molecule has 166 valence electrons. The first-order valence-corrected chi connectivity index (χ1v) is 11.4. The van der Waals surface area contributed by atoms with Gasteiger partial charge in [0.15, 0.2) is 6.61 Å². The highest BCUT2D eigenvalue weighted by Gasteiger charge is 2.29. The van der Waals surface area contributed by atoms with Crippen molar-refractivity contribution in [2.45, 2.75) is 52.0 Å². The van der Waals surface area contributed by atoms with Crippen LogP contribution >= 0.6 is 0 Å². The number of carbonyl (C=O) groups is 2. The Kier molecular flexibility index (Phi) is 8.10. The first kappa shape index (κ1) is 22.9. The molecule has 0 aromatic heterocycles. The minimum absolute atomic E-state index is 0.0182. The molecular formula is C26H34N2O3. The molecule has 0 radical (unpaired) electrons. The molecule has 0 saturated carbocycles. The van der Waals surface area contributed by atoms with E-state index in [-0.39, 0.29) is 24.5 Å². The molecule has 0 bridgehead atoms. The summed E-state index contributed by atoms with van der Waals surface area (Å²) in [6, 6.07) is 17.5. The Balaban J connectivity index is 1.56. The number of hydrogen-bond donors (Lipinski definition) is 0. The van der Waals surface area contributed by atoms with E-state index >= 15 is 0 Å². The molecule has 0 spiro atoms. The summed E-state index contributed by atoms with van der Waals surface area (Å²) in [5.41, 5.74) is 1.92. The average Bonchev–Trinajstić information content (AvgIpc) is 2.81. The predicted octanol–water partition coefficient (Wildman–Crippen LogP) is 4.73. The highest BCUT2D eigenvalue weighted by atomic mass is 16.5. The van der Waals surface area contributed by atoms with Gasteiger partial charge in [-0.15, -0.1) is 0 Å². The molecule has 2 aromatic rings.